The quantitative estimate of drug-likeness (QED) is 0.452. The van der Waals surface area contributed by atoms with Crippen LogP contribution in [0, 0.1) is 13.8 Å². The molecular weight excluding hydrogens is 246 g/mol. The van der Waals surface area contributed by atoms with Gasteiger partial charge in [-0.25, -0.2) is 0 Å². The number of para-hydroxylation sites is 1. The Morgan fingerprint density at radius 1 is 1.10 bits per heavy atom. The van der Waals surface area contributed by atoms with Gasteiger partial charge in [-0.05, 0) is 50.8 Å². The predicted octanol–water partition coefficient (Wildman–Crippen LogP) is 4.71. The summed E-state index contributed by atoms with van der Waals surface area (Å²) in [7, 11) is 0. The van der Waals surface area contributed by atoms with Crippen molar-refractivity contribution >= 4 is 11.6 Å². The molecule has 1 rings (SSSR count). The Hall–Kier alpha value is -2.09. The third-order valence-corrected chi connectivity index (χ3v) is 2.94. The van der Waals surface area contributed by atoms with Crippen molar-refractivity contribution in [2.75, 3.05) is 5.32 Å². The monoisotopic (exact) mass is 269 g/mol. The van der Waals surface area contributed by atoms with E-state index in [-0.39, 0.29) is 5.91 Å². The zero-order chi connectivity index (χ0) is 14.8. The Bertz CT molecular complexity index is 504. The maximum atomic E-state index is 11.8. The fourth-order valence-corrected chi connectivity index (χ4v) is 1.85. The summed E-state index contributed by atoms with van der Waals surface area (Å²) < 4.78 is 0. The lowest BCUT2D eigenvalue weighted by Gasteiger charge is -2.09. The number of carbonyl (C=O) groups is 1. The van der Waals surface area contributed by atoms with E-state index in [1.165, 1.54) is 0 Å². The number of amides is 1. The number of unbranched alkanes of at least 4 members (excludes halogenated alkanes) is 1. The highest BCUT2D eigenvalue weighted by Gasteiger charge is 2.03. The highest BCUT2D eigenvalue weighted by Crippen LogP contribution is 2.19. The van der Waals surface area contributed by atoms with Crippen LogP contribution >= 0.6 is 0 Å². The summed E-state index contributed by atoms with van der Waals surface area (Å²) in [5, 5.41) is 2.93. The third-order valence-electron chi connectivity index (χ3n) is 2.94. The summed E-state index contributed by atoms with van der Waals surface area (Å²) in [6, 6.07) is 5.99. The van der Waals surface area contributed by atoms with E-state index in [0.29, 0.717) is 0 Å². The van der Waals surface area contributed by atoms with Crippen molar-refractivity contribution in [2.45, 2.75) is 33.6 Å². The minimum atomic E-state index is -0.0696. The fraction of sp³-hybridized carbons (Fsp3) is 0.278. The van der Waals surface area contributed by atoms with Crippen LogP contribution in [0.2, 0.25) is 0 Å². The molecule has 0 radical (unpaired) electrons. The molecule has 0 unspecified atom stereocenters. The Morgan fingerprint density at radius 2 is 1.75 bits per heavy atom. The zero-order valence-corrected chi connectivity index (χ0v) is 12.5. The van der Waals surface area contributed by atoms with Crippen LogP contribution in [0.5, 0.6) is 0 Å². The number of aryl methyl sites for hydroxylation is 2. The van der Waals surface area contributed by atoms with Crippen LogP contribution in [0.1, 0.15) is 30.9 Å². The molecule has 0 aliphatic rings. The average Bonchev–Trinajstić information content (AvgIpc) is 2.42. The predicted molar refractivity (Wildman–Crippen MR) is 86.9 cm³/mol. The molecule has 0 bridgehead atoms. The highest BCUT2D eigenvalue weighted by atomic mass is 16.1. The van der Waals surface area contributed by atoms with Gasteiger partial charge < -0.3 is 5.32 Å². The topological polar surface area (TPSA) is 29.1 Å². The Kier molecular flexibility index (Phi) is 7.12. The number of rotatable bonds is 6. The molecule has 1 aromatic rings. The largest absolute Gasteiger partial charge is 0.322 e. The first-order chi connectivity index (χ1) is 9.65. The second-order valence-corrected chi connectivity index (χ2v) is 4.69. The van der Waals surface area contributed by atoms with E-state index >= 15 is 0 Å². The molecule has 106 valence electrons. The molecule has 0 saturated heterocycles. The van der Waals surface area contributed by atoms with E-state index < -0.39 is 0 Å². The van der Waals surface area contributed by atoms with Crippen LogP contribution in [0.3, 0.4) is 0 Å². The number of carbonyl (C=O) groups excluding carboxylic acids is 1. The van der Waals surface area contributed by atoms with Gasteiger partial charge in [-0.1, -0.05) is 48.6 Å². The first kappa shape index (κ1) is 16.0. The summed E-state index contributed by atoms with van der Waals surface area (Å²) in [6.45, 7) is 5.98. The lowest BCUT2D eigenvalue weighted by atomic mass is 10.1. The van der Waals surface area contributed by atoms with Crippen LogP contribution in [-0.4, -0.2) is 5.91 Å². The van der Waals surface area contributed by atoms with Crippen LogP contribution in [-0.2, 0) is 4.79 Å². The number of benzene rings is 1. The van der Waals surface area contributed by atoms with Crippen molar-refractivity contribution < 1.29 is 4.79 Å². The van der Waals surface area contributed by atoms with Gasteiger partial charge in [-0.15, -0.1) is 0 Å². The van der Waals surface area contributed by atoms with Crippen molar-refractivity contribution in [1.82, 2.24) is 0 Å². The lowest BCUT2D eigenvalue weighted by molar-refractivity contribution is -0.111. The Balaban J connectivity index is 2.44. The average molecular weight is 269 g/mol. The second kappa shape index (κ2) is 8.92. The normalized spacial score (nSPS) is 11.8. The molecule has 0 heterocycles. The molecule has 1 amide bonds. The van der Waals surface area contributed by atoms with Gasteiger partial charge in [0.1, 0.15) is 0 Å². The molecule has 0 saturated carbocycles. The molecule has 0 aliphatic carbocycles. The smallest absolute Gasteiger partial charge is 0.248 e. The molecule has 2 heteroatoms. The van der Waals surface area contributed by atoms with E-state index in [2.05, 4.69) is 11.4 Å². The standard InChI is InChI=1S/C18H23NO/c1-4-5-6-7-8-9-10-14-17(20)19-18-15(2)12-11-13-16(18)3/h4-7,10-14H,8-9H2,1-3H3,(H,19,20)/b5-4+,7-6+,14-10+. The molecule has 20 heavy (non-hydrogen) atoms. The summed E-state index contributed by atoms with van der Waals surface area (Å²) >= 11 is 0. The molecule has 1 aromatic carbocycles. The van der Waals surface area contributed by atoms with Gasteiger partial charge >= 0.3 is 0 Å². The molecular formula is C18H23NO. The summed E-state index contributed by atoms with van der Waals surface area (Å²) in [6.07, 6.45) is 13.4. The van der Waals surface area contributed by atoms with E-state index in [4.69, 9.17) is 0 Å². The van der Waals surface area contributed by atoms with Gasteiger partial charge in [0.25, 0.3) is 0 Å². The molecule has 0 spiro atoms. The van der Waals surface area contributed by atoms with Crippen molar-refractivity contribution in [3.05, 3.63) is 65.8 Å². The van der Waals surface area contributed by atoms with Gasteiger partial charge in [0.15, 0.2) is 0 Å². The third kappa shape index (κ3) is 5.70. The van der Waals surface area contributed by atoms with Crippen LogP contribution in [0.4, 0.5) is 5.69 Å². The van der Waals surface area contributed by atoms with E-state index in [9.17, 15) is 4.79 Å². The highest BCUT2D eigenvalue weighted by molar-refractivity contribution is 6.00. The number of nitrogens with one attached hydrogen (secondary N) is 1. The molecule has 0 aromatic heterocycles. The SMILES string of the molecule is C/C=C/C=C/CC/C=C/C(=O)Nc1c(C)cccc1C. The maximum absolute atomic E-state index is 11.8. The van der Waals surface area contributed by atoms with E-state index in [1.54, 1.807) is 6.08 Å². The zero-order valence-electron chi connectivity index (χ0n) is 12.5. The van der Waals surface area contributed by atoms with Crippen LogP contribution < -0.4 is 5.32 Å². The Morgan fingerprint density at radius 3 is 2.40 bits per heavy atom. The fourth-order valence-electron chi connectivity index (χ4n) is 1.85. The van der Waals surface area contributed by atoms with Gasteiger partial charge in [-0.2, -0.15) is 0 Å². The molecule has 1 N–H and O–H groups in total. The van der Waals surface area contributed by atoms with E-state index in [1.807, 2.05) is 63.3 Å². The first-order valence-electron chi connectivity index (χ1n) is 6.96. The van der Waals surface area contributed by atoms with Gasteiger partial charge in [0, 0.05) is 5.69 Å². The van der Waals surface area contributed by atoms with Crippen molar-refractivity contribution in [2.24, 2.45) is 0 Å². The van der Waals surface area contributed by atoms with E-state index in [0.717, 1.165) is 29.7 Å². The molecule has 0 aliphatic heterocycles. The lowest BCUT2D eigenvalue weighted by Crippen LogP contribution is -2.10. The maximum Gasteiger partial charge on any atom is 0.248 e. The van der Waals surface area contributed by atoms with Crippen molar-refractivity contribution in [3.63, 3.8) is 0 Å². The number of hydrogen-bond acceptors (Lipinski definition) is 1. The van der Waals surface area contributed by atoms with Gasteiger partial charge in [-0.3, -0.25) is 4.79 Å². The minimum Gasteiger partial charge on any atom is -0.322 e. The number of allylic oxidation sites excluding steroid dienone is 5. The first-order valence-corrected chi connectivity index (χ1v) is 6.96. The number of anilines is 1. The van der Waals surface area contributed by atoms with Crippen LogP contribution in [0.25, 0.3) is 0 Å². The second-order valence-electron chi connectivity index (χ2n) is 4.69. The molecule has 0 atom stereocenters. The summed E-state index contributed by atoms with van der Waals surface area (Å²) in [5.41, 5.74) is 3.08. The van der Waals surface area contributed by atoms with Crippen LogP contribution in [0.15, 0.2) is 54.7 Å². The molecule has 2 nitrogen and oxygen atoms in total. The summed E-state index contributed by atoms with van der Waals surface area (Å²) in [5.74, 6) is -0.0696. The number of hydrogen-bond donors (Lipinski definition) is 1. The Labute approximate surface area is 121 Å². The van der Waals surface area contributed by atoms with Crippen molar-refractivity contribution in [3.8, 4) is 0 Å². The minimum absolute atomic E-state index is 0.0696. The molecule has 0 fully saturated rings. The van der Waals surface area contributed by atoms with Gasteiger partial charge in [0.05, 0.1) is 0 Å². The van der Waals surface area contributed by atoms with Crippen molar-refractivity contribution in [1.29, 1.82) is 0 Å². The summed E-state index contributed by atoms with van der Waals surface area (Å²) in [4.78, 5) is 11.8. The van der Waals surface area contributed by atoms with Gasteiger partial charge in [0.2, 0.25) is 5.91 Å².